The van der Waals surface area contributed by atoms with E-state index in [1.165, 1.54) is 5.56 Å². The highest BCUT2D eigenvalue weighted by atomic mass is 32.1. The maximum atomic E-state index is 5.52. The molecule has 0 atom stereocenters. The zero-order valence-electron chi connectivity index (χ0n) is 10.2. The summed E-state index contributed by atoms with van der Waals surface area (Å²) in [6, 6.07) is 10.4. The molecular formula is C13H19N3S. The van der Waals surface area contributed by atoms with Gasteiger partial charge in [0.1, 0.15) is 0 Å². The Labute approximate surface area is 108 Å². The summed E-state index contributed by atoms with van der Waals surface area (Å²) in [5, 5.41) is 4.29. The fourth-order valence-corrected chi connectivity index (χ4v) is 2.27. The van der Waals surface area contributed by atoms with Gasteiger partial charge in [-0.3, -0.25) is 0 Å². The Morgan fingerprint density at radius 1 is 1.29 bits per heavy atom. The summed E-state index contributed by atoms with van der Waals surface area (Å²) in [7, 11) is 2.07. The van der Waals surface area contributed by atoms with E-state index in [2.05, 4.69) is 46.4 Å². The molecular weight excluding hydrogens is 230 g/mol. The lowest BCUT2D eigenvalue weighted by atomic mass is 10.2. The van der Waals surface area contributed by atoms with Gasteiger partial charge in [0.05, 0.1) is 0 Å². The molecule has 2 rings (SSSR count). The summed E-state index contributed by atoms with van der Waals surface area (Å²) in [6.45, 7) is 4.96. The first kappa shape index (κ1) is 12.3. The Bertz CT molecular complexity index is 360. The van der Waals surface area contributed by atoms with Crippen LogP contribution in [0.2, 0.25) is 0 Å². The summed E-state index contributed by atoms with van der Waals surface area (Å²) in [6.07, 6.45) is 0. The fourth-order valence-electron chi connectivity index (χ4n) is 2.02. The molecule has 0 spiro atoms. The van der Waals surface area contributed by atoms with Gasteiger partial charge in [-0.2, -0.15) is 0 Å². The summed E-state index contributed by atoms with van der Waals surface area (Å²) < 4.78 is 0. The number of nitrogens with zero attached hydrogens (tertiary/aromatic N) is 2. The van der Waals surface area contributed by atoms with Crippen LogP contribution in [0, 0.1) is 0 Å². The maximum Gasteiger partial charge on any atom is 0.171 e. The molecule has 0 amide bonds. The second-order valence-electron chi connectivity index (χ2n) is 4.36. The molecule has 3 nitrogen and oxygen atoms in total. The van der Waals surface area contributed by atoms with Gasteiger partial charge in [0.15, 0.2) is 5.11 Å². The van der Waals surface area contributed by atoms with E-state index < -0.39 is 0 Å². The molecule has 0 aromatic heterocycles. The molecule has 0 aliphatic carbocycles. The van der Waals surface area contributed by atoms with Gasteiger partial charge >= 0.3 is 0 Å². The first-order chi connectivity index (χ1) is 8.27. The average Bonchev–Trinajstić information content (AvgIpc) is 2.40. The molecule has 1 heterocycles. The summed E-state index contributed by atoms with van der Waals surface area (Å²) >= 11 is 5.52. The van der Waals surface area contributed by atoms with Gasteiger partial charge in [0.25, 0.3) is 0 Å². The number of hydrogen-bond donors (Lipinski definition) is 1. The van der Waals surface area contributed by atoms with E-state index in [0.29, 0.717) is 0 Å². The predicted octanol–water partition coefficient (Wildman–Crippen LogP) is 1.31. The van der Waals surface area contributed by atoms with Crippen LogP contribution in [0.4, 0.5) is 0 Å². The zero-order valence-corrected chi connectivity index (χ0v) is 11.0. The van der Waals surface area contributed by atoms with Crippen LogP contribution in [-0.2, 0) is 6.54 Å². The molecule has 17 heavy (non-hydrogen) atoms. The number of rotatable bonds is 2. The van der Waals surface area contributed by atoms with Crippen molar-refractivity contribution >= 4 is 17.3 Å². The zero-order chi connectivity index (χ0) is 12.1. The second kappa shape index (κ2) is 5.98. The van der Waals surface area contributed by atoms with Crippen molar-refractivity contribution < 1.29 is 0 Å². The van der Waals surface area contributed by atoms with E-state index >= 15 is 0 Å². The Kier molecular flexibility index (Phi) is 4.34. The van der Waals surface area contributed by atoms with Crippen molar-refractivity contribution in [1.82, 2.24) is 15.1 Å². The molecule has 92 valence electrons. The highest BCUT2D eigenvalue weighted by Crippen LogP contribution is 2.06. The quantitative estimate of drug-likeness (QED) is 0.796. The molecule has 1 N–H and O–H groups in total. The summed E-state index contributed by atoms with van der Waals surface area (Å²) in [5.74, 6) is 0. The molecule has 1 aliphatic rings. The topological polar surface area (TPSA) is 18.5 Å². The monoisotopic (exact) mass is 249 g/mol. The smallest absolute Gasteiger partial charge is 0.171 e. The van der Waals surface area contributed by atoms with Crippen LogP contribution in [0.1, 0.15) is 5.56 Å². The number of thiocarbonyl (C=S) groups is 1. The molecule has 0 bridgehead atoms. The number of hydrogen-bond acceptors (Lipinski definition) is 2. The first-order valence-corrected chi connectivity index (χ1v) is 6.43. The lowest BCUT2D eigenvalue weighted by Crippen LogP contribution is -2.50. The predicted molar refractivity (Wildman–Crippen MR) is 74.9 cm³/mol. The van der Waals surface area contributed by atoms with Crippen LogP contribution in [0.25, 0.3) is 0 Å². The molecule has 1 aliphatic heterocycles. The Balaban J connectivity index is 1.90. The van der Waals surface area contributed by atoms with Crippen LogP contribution in [0.5, 0.6) is 0 Å². The fraction of sp³-hybridized carbons (Fsp3) is 0.462. The standard InChI is InChI=1S/C13H19N3S/c1-15(11-12-5-3-2-4-6-12)13(17)16-9-7-14-8-10-16/h2-6,14H,7-11H2,1H3. The van der Waals surface area contributed by atoms with Crippen LogP contribution < -0.4 is 5.32 Å². The third-order valence-corrected chi connectivity index (χ3v) is 3.55. The minimum Gasteiger partial charge on any atom is -0.348 e. The van der Waals surface area contributed by atoms with Crippen LogP contribution in [0.15, 0.2) is 30.3 Å². The van der Waals surface area contributed by atoms with Crippen molar-refractivity contribution in [1.29, 1.82) is 0 Å². The molecule has 1 saturated heterocycles. The lowest BCUT2D eigenvalue weighted by Gasteiger charge is -2.34. The van der Waals surface area contributed by atoms with Crippen molar-refractivity contribution in [3.05, 3.63) is 35.9 Å². The number of piperazine rings is 1. The van der Waals surface area contributed by atoms with Crippen molar-refractivity contribution in [2.45, 2.75) is 6.54 Å². The van der Waals surface area contributed by atoms with E-state index in [9.17, 15) is 0 Å². The number of nitrogens with one attached hydrogen (secondary N) is 1. The second-order valence-corrected chi connectivity index (χ2v) is 4.73. The highest BCUT2D eigenvalue weighted by Gasteiger charge is 2.15. The third kappa shape index (κ3) is 3.41. The van der Waals surface area contributed by atoms with Crippen LogP contribution >= 0.6 is 12.2 Å². The molecule has 1 fully saturated rings. The molecule has 1 aromatic carbocycles. The van der Waals surface area contributed by atoms with Gasteiger partial charge in [-0.25, -0.2) is 0 Å². The summed E-state index contributed by atoms with van der Waals surface area (Å²) in [5.41, 5.74) is 1.30. The lowest BCUT2D eigenvalue weighted by molar-refractivity contribution is 0.315. The average molecular weight is 249 g/mol. The number of benzene rings is 1. The largest absolute Gasteiger partial charge is 0.348 e. The van der Waals surface area contributed by atoms with Crippen molar-refractivity contribution in [2.75, 3.05) is 33.2 Å². The van der Waals surface area contributed by atoms with E-state index in [4.69, 9.17) is 12.2 Å². The van der Waals surface area contributed by atoms with Crippen molar-refractivity contribution in [2.24, 2.45) is 0 Å². The third-order valence-electron chi connectivity index (χ3n) is 2.98. The van der Waals surface area contributed by atoms with Crippen molar-refractivity contribution in [3.63, 3.8) is 0 Å². The van der Waals surface area contributed by atoms with Gasteiger partial charge in [-0.15, -0.1) is 0 Å². The van der Waals surface area contributed by atoms with Gasteiger partial charge in [-0.05, 0) is 17.8 Å². The minimum absolute atomic E-state index is 0.879. The molecule has 0 radical (unpaired) electrons. The normalized spacial score (nSPS) is 15.7. The Morgan fingerprint density at radius 3 is 2.59 bits per heavy atom. The van der Waals surface area contributed by atoms with Gasteiger partial charge in [0.2, 0.25) is 0 Å². The highest BCUT2D eigenvalue weighted by molar-refractivity contribution is 7.80. The van der Waals surface area contributed by atoms with E-state index in [1.807, 2.05) is 6.07 Å². The van der Waals surface area contributed by atoms with Gasteiger partial charge in [-0.1, -0.05) is 30.3 Å². The van der Waals surface area contributed by atoms with Crippen molar-refractivity contribution in [3.8, 4) is 0 Å². The van der Waals surface area contributed by atoms with Crippen LogP contribution in [-0.4, -0.2) is 48.1 Å². The van der Waals surface area contributed by atoms with E-state index in [0.717, 1.165) is 37.8 Å². The van der Waals surface area contributed by atoms with Gasteiger partial charge in [0, 0.05) is 39.8 Å². The van der Waals surface area contributed by atoms with E-state index in [1.54, 1.807) is 0 Å². The summed E-state index contributed by atoms with van der Waals surface area (Å²) in [4.78, 5) is 4.42. The maximum absolute atomic E-state index is 5.52. The molecule has 0 saturated carbocycles. The minimum atomic E-state index is 0.879. The molecule has 4 heteroatoms. The Morgan fingerprint density at radius 2 is 1.94 bits per heavy atom. The molecule has 0 unspecified atom stereocenters. The van der Waals surface area contributed by atoms with Crippen LogP contribution in [0.3, 0.4) is 0 Å². The molecule has 1 aromatic rings. The first-order valence-electron chi connectivity index (χ1n) is 6.02. The van der Waals surface area contributed by atoms with Gasteiger partial charge < -0.3 is 15.1 Å². The Hall–Kier alpha value is -1.13. The SMILES string of the molecule is CN(Cc1ccccc1)C(=S)N1CCNCC1. The van der Waals surface area contributed by atoms with E-state index in [-0.39, 0.29) is 0 Å².